The molecule has 0 radical (unpaired) electrons. The van der Waals surface area contributed by atoms with Crippen molar-refractivity contribution < 1.29 is 9.53 Å². The third-order valence-corrected chi connectivity index (χ3v) is 7.66. The molecule has 1 atom stereocenters. The molecule has 1 saturated heterocycles. The number of nitrogens with one attached hydrogen (secondary N) is 1. The number of hydrogen-bond acceptors (Lipinski definition) is 6. The lowest BCUT2D eigenvalue weighted by Gasteiger charge is -2.26. The lowest BCUT2D eigenvalue weighted by atomic mass is 9.97. The van der Waals surface area contributed by atoms with Gasteiger partial charge in [0.05, 0.1) is 29.4 Å². The molecule has 1 unspecified atom stereocenters. The molecule has 1 aliphatic heterocycles. The summed E-state index contributed by atoms with van der Waals surface area (Å²) in [5, 5.41) is 3.97. The minimum absolute atomic E-state index is 0.0105. The van der Waals surface area contributed by atoms with E-state index < -0.39 is 0 Å². The van der Waals surface area contributed by atoms with Gasteiger partial charge in [-0.05, 0) is 57.6 Å². The summed E-state index contributed by atoms with van der Waals surface area (Å²) in [4.78, 5) is 33.2. The van der Waals surface area contributed by atoms with Gasteiger partial charge in [0.1, 0.15) is 0 Å². The van der Waals surface area contributed by atoms with Gasteiger partial charge in [-0.1, -0.05) is 35.5 Å². The first kappa shape index (κ1) is 24.9. The van der Waals surface area contributed by atoms with Gasteiger partial charge in [-0.2, -0.15) is 0 Å². The van der Waals surface area contributed by atoms with Gasteiger partial charge < -0.3 is 10.1 Å². The molecule has 1 amide bonds. The third kappa shape index (κ3) is 6.71. The predicted octanol–water partition coefficient (Wildman–Crippen LogP) is 3.61. The fourth-order valence-corrected chi connectivity index (χ4v) is 5.50. The molecular formula is C26H36N4O3S. The average Bonchev–Trinajstić information content (AvgIpc) is 2.87. The van der Waals surface area contributed by atoms with E-state index in [1.54, 1.807) is 4.57 Å². The third-order valence-electron chi connectivity index (χ3n) is 6.57. The summed E-state index contributed by atoms with van der Waals surface area (Å²) in [5.74, 6) is -0.0105. The van der Waals surface area contributed by atoms with E-state index in [1.807, 2.05) is 31.2 Å². The number of carbonyl (C=O) groups is 1. The van der Waals surface area contributed by atoms with Crippen molar-refractivity contribution >= 4 is 28.6 Å². The fourth-order valence-electron chi connectivity index (χ4n) is 4.55. The monoisotopic (exact) mass is 484 g/mol. The van der Waals surface area contributed by atoms with Crippen LogP contribution in [0.2, 0.25) is 0 Å². The minimum Gasteiger partial charge on any atom is -0.379 e. The molecule has 2 aromatic rings. The normalized spacial score (nSPS) is 18.0. The molecule has 2 heterocycles. The number of morpholine rings is 1. The first-order valence-corrected chi connectivity index (χ1v) is 13.4. The summed E-state index contributed by atoms with van der Waals surface area (Å²) in [5.41, 5.74) is 2.10. The average molecular weight is 485 g/mol. The summed E-state index contributed by atoms with van der Waals surface area (Å²) in [6, 6.07) is 7.45. The van der Waals surface area contributed by atoms with Crippen molar-refractivity contribution in [2.24, 2.45) is 0 Å². The second kappa shape index (κ2) is 12.5. The van der Waals surface area contributed by atoms with Crippen LogP contribution < -0.4 is 10.9 Å². The van der Waals surface area contributed by atoms with Gasteiger partial charge in [-0.15, -0.1) is 0 Å². The van der Waals surface area contributed by atoms with Crippen LogP contribution in [0.25, 0.3) is 10.9 Å². The van der Waals surface area contributed by atoms with E-state index in [9.17, 15) is 9.59 Å². The standard InChI is InChI=1S/C26H36N4O3S/c1-20(24(31)27-13-12-21-8-3-2-4-9-21)34-26-28-23-11-6-5-10-22(23)25(32)30(26)15-7-14-29-16-18-33-19-17-29/h5-6,8,10-11,20H,2-4,7,9,12-19H2,1H3,(H,27,31). The molecule has 0 bridgehead atoms. The van der Waals surface area contributed by atoms with Gasteiger partial charge in [-0.25, -0.2) is 4.98 Å². The van der Waals surface area contributed by atoms with Crippen molar-refractivity contribution in [2.75, 3.05) is 39.4 Å². The molecule has 34 heavy (non-hydrogen) atoms. The number of thioether (sulfide) groups is 1. The Morgan fingerprint density at radius 1 is 1.21 bits per heavy atom. The zero-order valence-corrected chi connectivity index (χ0v) is 20.9. The van der Waals surface area contributed by atoms with Gasteiger partial charge >= 0.3 is 0 Å². The first-order chi connectivity index (χ1) is 16.6. The molecule has 7 nitrogen and oxygen atoms in total. The molecule has 1 N–H and O–H groups in total. The van der Waals surface area contributed by atoms with Crippen LogP contribution in [0.1, 0.15) is 45.4 Å². The van der Waals surface area contributed by atoms with Crippen LogP contribution in [0.15, 0.2) is 45.9 Å². The van der Waals surface area contributed by atoms with E-state index in [2.05, 4.69) is 16.3 Å². The highest BCUT2D eigenvalue weighted by Crippen LogP contribution is 2.23. The summed E-state index contributed by atoms with van der Waals surface area (Å²) >= 11 is 1.37. The van der Waals surface area contributed by atoms with Crippen LogP contribution in [0, 0.1) is 0 Å². The number of nitrogens with zero attached hydrogens (tertiary/aromatic N) is 3. The Hall–Kier alpha value is -2.16. The molecule has 8 heteroatoms. The van der Waals surface area contributed by atoms with Crippen LogP contribution >= 0.6 is 11.8 Å². The molecule has 4 rings (SSSR count). The number of ether oxygens (including phenoxy) is 1. The van der Waals surface area contributed by atoms with Gasteiger partial charge in [-0.3, -0.25) is 19.1 Å². The summed E-state index contributed by atoms with van der Waals surface area (Å²) < 4.78 is 7.18. The zero-order valence-electron chi connectivity index (χ0n) is 20.1. The lowest BCUT2D eigenvalue weighted by Crippen LogP contribution is -2.37. The number of carbonyl (C=O) groups excluding carboxylic acids is 1. The zero-order chi connectivity index (χ0) is 23.8. The largest absolute Gasteiger partial charge is 0.379 e. The van der Waals surface area contributed by atoms with Crippen LogP contribution in [0.5, 0.6) is 0 Å². The van der Waals surface area contributed by atoms with Crippen molar-refractivity contribution in [1.82, 2.24) is 19.8 Å². The second-order valence-electron chi connectivity index (χ2n) is 9.09. The van der Waals surface area contributed by atoms with Crippen LogP contribution in [0.3, 0.4) is 0 Å². The summed E-state index contributed by atoms with van der Waals surface area (Å²) in [7, 11) is 0. The van der Waals surface area contributed by atoms with Crippen LogP contribution in [-0.4, -0.2) is 65.0 Å². The van der Waals surface area contributed by atoms with Crippen LogP contribution in [-0.2, 0) is 16.1 Å². The Bertz CT molecular complexity index is 1060. The number of amides is 1. The molecular weight excluding hydrogens is 448 g/mol. The Labute approximate surface area is 205 Å². The number of para-hydroxylation sites is 1. The number of allylic oxidation sites excluding steroid dienone is 1. The molecule has 1 aliphatic carbocycles. The number of aromatic nitrogens is 2. The topological polar surface area (TPSA) is 76.5 Å². The van der Waals surface area contributed by atoms with Crippen molar-refractivity contribution in [3.05, 3.63) is 46.3 Å². The molecule has 1 aromatic carbocycles. The number of benzene rings is 1. The Kier molecular flexibility index (Phi) is 9.18. The first-order valence-electron chi connectivity index (χ1n) is 12.5. The highest BCUT2D eigenvalue weighted by atomic mass is 32.2. The maximum Gasteiger partial charge on any atom is 0.262 e. The van der Waals surface area contributed by atoms with E-state index in [0.29, 0.717) is 29.1 Å². The fraction of sp³-hybridized carbons (Fsp3) is 0.577. The number of hydrogen-bond donors (Lipinski definition) is 1. The van der Waals surface area contributed by atoms with Gasteiger partial charge in [0.15, 0.2) is 5.16 Å². The van der Waals surface area contributed by atoms with Crippen molar-refractivity contribution in [1.29, 1.82) is 0 Å². The van der Waals surface area contributed by atoms with Crippen molar-refractivity contribution in [3.63, 3.8) is 0 Å². The quantitative estimate of drug-likeness (QED) is 0.315. The molecule has 184 valence electrons. The van der Waals surface area contributed by atoms with Gasteiger partial charge in [0.2, 0.25) is 5.91 Å². The Morgan fingerprint density at radius 2 is 2.03 bits per heavy atom. The highest BCUT2D eigenvalue weighted by Gasteiger charge is 2.20. The van der Waals surface area contributed by atoms with Crippen molar-refractivity contribution in [2.45, 2.75) is 62.4 Å². The van der Waals surface area contributed by atoms with E-state index in [-0.39, 0.29) is 16.7 Å². The van der Waals surface area contributed by atoms with E-state index in [1.165, 1.54) is 30.2 Å². The van der Waals surface area contributed by atoms with E-state index >= 15 is 0 Å². The van der Waals surface area contributed by atoms with Gasteiger partial charge in [0.25, 0.3) is 5.56 Å². The maximum atomic E-state index is 13.3. The number of fused-ring (bicyclic) bond motifs is 1. The lowest BCUT2D eigenvalue weighted by molar-refractivity contribution is -0.120. The smallest absolute Gasteiger partial charge is 0.262 e. The maximum absolute atomic E-state index is 13.3. The summed E-state index contributed by atoms with van der Waals surface area (Å²) in [6.07, 6.45) is 8.93. The van der Waals surface area contributed by atoms with Gasteiger partial charge in [0, 0.05) is 32.7 Å². The number of rotatable bonds is 10. The van der Waals surface area contributed by atoms with Crippen LogP contribution in [0.4, 0.5) is 0 Å². The SMILES string of the molecule is CC(Sc1nc2ccccc2c(=O)n1CCCN1CCOCC1)C(=O)NCCC1=CCCCC1. The molecule has 0 saturated carbocycles. The Morgan fingerprint density at radius 3 is 2.82 bits per heavy atom. The second-order valence-corrected chi connectivity index (χ2v) is 10.4. The van der Waals surface area contributed by atoms with E-state index in [4.69, 9.17) is 9.72 Å². The van der Waals surface area contributed by atoms with E-state index in [0.717, 1.165) is 58.5 Å². The minimum atomic E-state index is -0.334. The molecule has 1 aromatic heterocycles. The summed E-state index contributed by atoms with van der Waals surface area (Å²) in [6.45, 7) is 7.44. The molecule has 0 spiro atoms. The molecule has 2 aliphatic rings. The van der Waals surface area contributed by atoms with Crippen molar-refractivity contribution in [3.8, 4) is 0 Å². The highest BCUT2D eigenvalue weighted by molar-refractivity contribution is 8.00. The molecule has 1 fully saturated rings. The predicted molar refractivity (Wildman–Crippen MR) is 137 cm³/mol. The Balaban J connectivity index is 1.41.